The zero-order valence-electron chi connectivity index (χ0n) is 13.5. The summed E-state index contributed by atoms with van der Waals surface area (Å²) in [4.78, 5) is 20.2. The first-order valence-corrected chi connectivity index (χ1v) is 8.14. The number of rotatable bonds is 3. The van der Waals surface area contributed by atoms with Crippen molar-refractivity contribution in [2.24, 2.45) is 13.0 Å². The van der Waals surface area contributed by atoms with E-state index in [1.807, 2.05) is 31.6 Å². The predicted octanol–water partition coefficient (Wildman–Crippen LogP) is 2.31. The van der Waals surface area contributed by atoms with Gasteiger partial charge in [0.05, 0.1) is 22.7 Å². The van der Waals surface area contributed by atoms with Crippen molar-refractivity contribution in [3.05, 3.63) is 41.2 Å². The van der Waals surface area contributed by atoms with Crippen molar-refractivity contribution in [3.63, 3.8) is 0 Å². The second-order valence-electron chi connectivity index (χ2n) is 6.03. The molecule has 0 spiro atoms. The van der Waals surface area contributed by atoms with Gasteiger partial charge in [-0.3, -0.25) is 14.8 Å². The standard InChI is InChI=1S/C16H17ClN6O.ClH/c1-23-8-9(5-19-23)10-6-18-7-11(10)15(24)22-16-20-13-4-2-3-12(17)14(13)21-16;/h2-5,8,10-11,18H,6-7H2,1H3,(H2,20,21,22,24);1H/t10-,11+;/m1./s1. The maximum Gasteiger partial charge on any atom is 0.231 e. The van der Waals surface area contributed by atoms with E-state index in [0.29, 0.717) is 23.0 Å². The number of hydrogen-bond acceptors (Lipinski definition) is 4. The van der Waals surface area contributed by atoms with E-state index in [9.17, 15) is 4.79 Å². The Kier molecular flexibility index (Phi) is 4.99. The highest BCUT2D eigenvalue weighted by molar-refractivity contribution is 6.35. The first-order valence-electron chi connectivity index (χ1n) is 7.76. The zero-order chi connectivity index (χ0) is 16.7. The molecular formula is C16H18Cl2N6O. The van der Waals surface area contributed by atoms with Crippen LogP contribution in [0.15, 0.2) is 30.6 Å². The molecule has 3 N–H and O–H groups in total. The number of halogens is 2. The number of benzene rings is 1. The van der Waals surface area contributed by atoms with Crippen molar-refractivity contribution < 1.29 is 4.79 Å². The van der Waals surface area contributed by atoms with Gasteiger partial charge in [0, 0.05) is 32.3 Å². The molecule has 1 fully saturated rings. The molecule has 132 valence electrons. The third-order valence-corrected chi connectivity index (χ3v) is 4.71. The molecule has 0 aliphatic carbocycles. The van der Waals surface area contributed by atoms with E-state index in [1.165, 1.54) is 0 Å². The minimum atomic E-state index is -0.169. The molecule has 0 unspecified atom stereocenters. The molecule has 0 radical (unpaired) electrons. The summed E-state index contributed by atoms with van der Waals surface area (Å²) in [5.41, 5.74) is 2.52. The highest BCUT2D eigenvalue weighted by Crippen LogP contribution is 2.29. The number of aryl methyl sites for hydroxylation is 1. The SMILES string of the molecule is Cl.Cn1cc([C@H]2CNC[C@@H]2C(=O)Nc2nc3c(Cl)cccc3[nH]2)cn1. The lowest BCUT2D eigenvalue weighted by Gasteiger charge is -2.15. The van der Waals surface area contributed by atoms with Gasteiger partial charge in [-0.2, -0.15) is 5.10 Å². The van der Waals surface area contributed by atoms with Crippen LogP contribution in [-0.2, 0) is 11.8 Å². The Balaban J connectivity index is 0.00000182. The zero-order valence-corrected chi connectivity index (χ0v) is 15.1. The van der Waals surface area contributed by atoms with Crippen molar-refractivity contribution >= 4 is 46.9 Å². The van der Waals surface area contributed by atoms with Gasteiger partial charge < -0.3 is 10.3 Å². The number of hydrogen-bond donors (Lipinski definition) is 3. The molecular weight excluding hydrogens is 363 g/mol. The van der Waals surface area contributed by atoms with E-state index in [-0.39, 0.29) is 30.2 Å². The Labute approximate surface area is 155 Å². The van der Waals surface area contributed by atoms with Gasteiger partial charge in [0.2, 0.25) is 11.9 Å². The van der Waals surface area contributed by atoms with E-state index in [1.54, 1.807) is 10.7 Å². The molecule has 4 rings (SSSR count). The van der Waals surface area contributed by atoms with Crippen molar-refractivity contribution in [2.45, 2.75) is 5.92 Å². The molecule has 3 heterocycles. The highest BCUT2D eigenvalue weighted by atomic mass is 35.5. The first kappa shape index (κ1) is 17.7. The summed E-state index contributed by atoms with van der Waals surface area (Å²) >= 11 is 6.13. The van der Waals surface area contributed by atoms with Crippen LogP contribution in [0.4, 0.5) is 5.95 Å². The molecule has 9 heteroatoms. The van der Waals surface area contributed by atoms with Crippen LogP contribution in [-0.4, -0.2) is 38.7 Å². The lowest BCUT2D eigenvalue weighted by molar-refractivity contribution is -0.119. The molecule has 25 heavy (non-hydrogen) atoms. The van der Waals surface area contributed by atoms with Gasteiger partial charge in [0.15, 0.2) is 0 Å². The number of nitrogens with zero attached hydrogens (tertiary/aromatic N) is 3. The summed E-state index contributed by atoms with van der Waals surface area (Å²) in [6.07, 6.45) is 3.78. The van der Waals surface area contributed by atoms with Gasteiger partial charge in [0.25, 0.3) is 0 Å². The van der Waals surface area contributed by atoms with Gasteiger partial charge in [-0.25, -0.2) is 4.98 Å². The number of imidazole rings is 1. The van der Waals surface area contributed by atoms with Gasteiger partial charge in [-0.1, -0.05) is 17.7 Å². The molecule has 0 saturated carbocycles. The third kappa shape index (κ3) is 3.35. The van der Waals surface area contributed by atoms with E-state index >= 15 is 0 Å². The van der Waals surface area contributed by atoms with Crippen LogP contribution in [0, 0.1) is 5.92 Å². The van der Waals surface area contributed by atoms with Crippen LogP contribution >= 0.6 is 24.0 Å². The number of aromatic nitrogens is 4. The molecule has 2 aromatic heterocycles. The van der Waals surface area contributed by atoms with E-state index in [0.717, 1.165) is 17.6 Å². The summed E-state index contributed by atoms with van der Waals surface area (Å²) in [5.74, 6) is 0.286. The number of carbonyl (C=O) groups is 1. The number of amides is 1. The lowest BCUT2D eigenvalue weighted by atomic mass is 9.90. The minimum Gasteiger partial charge on any atom is -0.324 e. The topological polar surface area (TPSA) is 87.6 Å². The number of aromatic amines is 1. The number of H-pyrrole nitrogens is 1. The largest absolute Gasteiger partial charge is 0.324 e. The molecule has 1 saturated heterocycles. The molecule has 3 aromatic rings. The van der Waals surface area contributed by atoms with Gasteiger partial charge in [-0.05, 0) is 17.7 Å². The van der Waals surface area contributed by atoms with Crippen molar-refractivity contribution in [2.75, 3.05) is 18.4 Å². The fourth-order valence-corrected chi connectivity index (χ4v) is 3.42. The monoisotopic (exact) mass is 380 g/mol. The molecule has 1 amide bonds. The lowest BCUT2D eigenvalue weighted by Crippen LogP contribution is -2.28. The van der Waals surface area contributed by atoms with Crippen LogP contribution in [0.1, 0.15) is 11.5 Å². The third-order valence-electron chi connectivity index (χ3n) is 4.41. The molecule has 2 atom stereocenters. The second-order valence-corrected chi connectivity index (χ2v) is 6.44. The van der Waals surface area contributed by atoms with Crippen LogP contribution in [0.25, 0.3) is 11.0 Å². The van der Waals surface area contributed by atoms with Gasteiger partial charge in [-0.15, -0.1) is 12.4 Å². The van der Waals surface area contributed by atoms with E-state index < -0.39 is 0 Å². The molecule has 1 aliphatic heterocycles. The van der Waals surface area contributed by atoms with Crippen LogP contribution in [0.2, 0.25) is 5.02 Å². The maximum atomic E-state index is 12.7. The number of nitrogens with one attached hydrogen (secondary N) is 3. The number of para-hydroxylation sites is 1. The molecule has 1 aliphatic rings. The van der Waals surface area contributed by atoms with E-state index in [2.05, 4.69) is 25.7 Å². The summed E-state index contributed by atoms with van der Waals surface area (Å²) in [5, 5.41) is 10.9. The minimum absolute atomic E-state index is 0. The number of anilines is 1. The fourth-order valence-electron chi connectivity index (χ4n) is 3.20. The smallest absolute Gasteiger partial charge is 0.231 e. The van der Waals surface area contributed by atoms with Crippen LogP contribution in [0.5, 0.6) is 0 Å². The average Bonchev–Trinajstić information content (AvgIpc) is 3.25. The van der Waals surface area contributed by atoms with Gasteiger partial charge >= 0.3 is 0 Å². The van der Waals surface area contributed by atoms with Gasteiger partial charge in [0.1, 0.15) is 5.52 Å². The van der Waals surface area contributed by atoms with Crippen molar-refractivity contribution in [1.82, 2.24) is 25.1 Å². The second kappa shape index (κ2) is 7.03. The Hall–Kier alpha value is -2.09. The van der Waals surface area contributed by atoms with Crippen molar-refractivity contribution in [1.29, 1.82) is 0 Å². The summed E-state index contributed by atoms with van der Waals surface area (Å²) in [6, 6.07) is 5.49. The normalized spacial score (nSPS) is 19.8. The van der Waals surface area contributed by atoms with Crippen LogP contribution < -0.4 is 10.6 Å². The van der Waals surface area contributed by atoms with Crippen LogP contribution in [0.3, 0.4) is 0 Å². The first-order chi connectivity index (χ1) is 11.6. The van der Waals surface area contributed by atoms with E-state index in [4.69, 9.17) is 11.6 Å². The molecule has 0 bridgehead atoms. The number of carbonyl (C=O) groups excluding carboxylic acids is 1. The van der Waals surface area contributed by atoms with Crippen molar-refractivity contribution in [3.8, 4) is 0 Å². The fraction of sp³-hybridized carbons (Fsp3) is 0.312. The Morgan fingerprint density at radius 2 is 2.24 bits per heavy atom. The maximum absolute atomic E-state index is 12.7. The summed E-state index contributed by atoms with van der Waals surface area (Å²) in [7, 11) is 1.87. The predicted molar refractivity (Wildman–Crippen MR) is 99.3 cm³/mol. The molecule has 7 nitrogen and oxygen atoms in total. The Bertz CT molecular complexity index is 905. The average molecular weight is 381 g/mol. The number of fused-ring (bicyclic) bond motifs is 1. The quantitative estimate of drug-likeness (QED) is 0.650. The summed E-state index contributed by atoms with van der Waals surface area (Å²) < 4.78 is 1.75. The Morgan fingerprint density at radius 1 is 1.40 bits per heavy atom. The summed E-state index contributed by atoms with van der Waals surface area (Å²) in [6.45, 7) is 1.39. The Morgan fingerprint density at radius 3 is 2.96 bits per heavy atom. The highest BCUT2D eigenvalue weighted by Gasteiger charge is 2.35. The molecule has 1 aromatic carbocycles.